The average molecular weight is 573 g/mol. The number of halogens is 2. The van der Waals surface area contributed by atoms with Crippen LogP contribution < -0.4 is 14.5 Å². The second-order valence-corrected chi connectivity index (χ2v) is 12.1. The normalized spacial score (nSPS) is 17.2. The Kier molecular flexibility index (Phi) is 6.33. The van der Waals surface area contributed by atoms with E-state index in [0.717, 1.165) is 28.8 Å². The summed E-state index contributed by atoms with van der Waals surface area (Å²) >= 11 is 7.23. The average Bonchev–Trinajstić information content (AvgIpc) is 3.65. The first-order chi connectivity index (χ1) is 18.3. The van der Waals surface area contributed by atoms with Crippen LogP contribution in [0.4, 0.5) is 20.9 Å². The van der Waals surface area contributed by atoms with Gasteiger partial charge in [-0.25, -0.2) is 17.8 Å². The number of carbonyl (C=O) groups excluding carboxylic acids is 1. The van der Waals surface area contributed by atoms with E-state index in [2.05, 4.69) is 14.6 Å². The Labute approximate surface area is 231 Å². The topological polar surface area (TPSA) is 82.6 Å². The lowest BCUT2D eigenvalue weighted by Crippen LogP contribution is -2.41. The summed E-state index contributed by atoms with van der Waals surface area (Å²) in [5, 5.41) is 2.06. The number of fused-ring (bicyclic) bond motifs is 1. The van der Waals surface area contributed by atoms with Crippen molar-refractivity contribution in [3.63, 3.8) is 0 Å². The Morgan fingerprint density at radius 2 is 1.92 bits per heavy atom. The minimum Gasteiger partial charge on any atom is -0.359 e. The maximum atomic E-state index is 13.7. The van der Waals surface area contributed by atoms with Crippen LogP contribution in [0.3, 0.4) is 0 Å². The lowest BCUT2D eigenvalue weighted by atomic mass is 9.98. The zero-order chi connectivity index (χ0) is 26.4. The summed E-state index contributed by atoms with van der Waals surface area (Å²) in [4.78, 5) is 21.4. The number of rotatable bonds is 6. The van der Waals surface area contributed by atoms with E-state index in [4.69, 9.17) is 11.6 Å². The summed E-state index contributed by atoms with van der Waals surface area (Å²) in [6, 6.07) is 16.7. The highest BCUT2D eigenvalue weighted by molar-refractivity contribution is 7.93. The maximum Gasteiger partial charge on any atom is 0.263 e. The molecule has 4 aromatic rings. The number of thiazole rings is 1. The van der Waals surface area contributed by atoms with E-state index < -0.39 is 15.8 Å². The summed E-state index contributed by atoms with van der Waals surface area (Å²) in [6.07, 6.45) is 2.94. The van der Waals surface area contributed by atoms with Crippen molar-refractivity contribution in [3.8, 4) is 11.1 Å². The van der Waals surface area contributed by atoms with Crippen molar-refractivity contribution in [2.45, 2.75) is 23.8 Å². The fourth-order valence-corrected chi connectivity index (χ4v) is 7.15. The lowest BCUT2D eigenvalue weighted by molar-refractivity contribution is -0.118. The van der Waals surface area contributed by atoms with Crippen LogP contribution in [-0.4, -0.2) is 38.4 Å². The van der Waals surface area contributed by atoms with E-state index >= 15 is 0 Å². The van der Waals surface area contributed by atoms with Gasteiger partial charge in [-0.1, -0.05) is 29.8 Å². The quantitative estimate of drug-likeness (QED) is 0.303. The SMILES string of the molecule is O=C1[C@@H](N2CCc3c(-c4ccc(F)c(Cl)c4)cccc32)CCN1c1ccc(S(=O)(=O)Nc2nccs2)cc1.[HH].[HH]. The summed E-state index contributed by atoms with van der Waals surface area (Å²) in [5.74, 6) is -0.479. The van der Waals surface area contributed by atoms with E-state index in [1.54, 1.807) is 34.5 Å². The van der Waals surface area contributed by atoms with Crippen LogP contribution in [-0.2, 0) is 21.2 Å². The Hall–Kier alpha value is -3.47. The molecule has 0 spiro atoms. The number of hydrogen-bond acceptors (Lipinski definition) is 6. The Morgan fingerprint density at radius 1 is 1.11 bits per heavy atom. The van der Waals surface area contributed by atoms with Crippen molar-refractivity contribution in [2.24, 2.45) is 0 Å². The highest BCUT2D eigenvalue weighted by Gasteiger charge is 2.39. The van der Waals surface area contributed by atoms with Gasteiger partial charge in [0, 0.05) is 38.9 Å². The molecular weight excluding hydrogens is 547 g/mol. The summed E-state index contributed by atoms with van der Waals surface area (Å²) in [7, 11) is -3.77. The lowest BCUT2D eigenvalue weighted by Gasteiger charge is -2.26. The molecule has 7 nitrogen and oxygen atoms in total. The molecule has 1 saturated heterocycles. The number of carbonyl (C=O) groups is 1. The number of amides is 1. The van der Waals surface area contributed by atoms with Crippen molar-refractivity contribution in [3.05, 3.63) is 88.6 Å². The molecule has 2 aliphatic rings. The maximum absolute atomic E-state index is 13.7. The molecule has 6 rings (SSSR count). The molecule has 0 radical (unpaired) electrons. The number of sulfonamides is 1. The summed E-state index contributed by atoms with van der Waals surface area (Å²) in [6.45, 7) is 1.23. The number of nitrogens with zero attached hydrogens (tertiary/aromatic N) is 3. The number of benzene rings is 3. The molecule has 38 heavy (non-hydrogen) atoms. The molecule has 1 atom stereocenters. The van der Waals surface area contributed by atoms with Crippen LogP contribution >= 0.6 is 22.9 Å². The van der Waals surface area contributed by atoms with Gasteiger partial charge < -0.3 is 9.80 Å². The largest absolute Gasteiger partial charge is 0.359 e. The first kappa shape index (κ1) is 24.8. The van der Waals surface area contributed by atoms with Gasteiger partial charge in [-0.05, 0) is 72.0 Å². The molecule has 3 aromatic carbocycles. The van der Waals surface area contributed by atoms with Gasteiger partial charge in [0.15, 0.2) is 5.13 Å². The van der Waals surface area contributed by atoms with Gasteiger partial charge in [0.1, 0.15) is 11.9 Å². The molecule has 1 fully saturated rings. The minimum atomic E-state index is -3.77. The Bertz CT molecular complexity index is 1640. The van der Waals surface area contributed by atoms with Gasteiger partial charge in [-0.3, -0.25) is 9.52 Å². The van der Waals surface area contributed by atoms with E-state index in [-0.39, 0.29) is 24.7 Å². The zero-order valence-electron chi connectivity index (χ0n) is 20.0. The molecule has 0 unspecified atom stereocenters. The molecule has 198 valence electrons. The molecule has 1 amide bonds. The number of anilines is 3. The first-order valence-corrected chi connectivity index (χ1v) is 14.7. The summed E-state index contributed by atoms with van der Waals surface area (Å²) < 4.78 is 41.5. The second kappa shape index (κ2) is 9.68. The zero-order valence-corrected chi connectivity index (χ0v) is 22.4. The smallest absolute Gasteiger partial charge is 0.263 e. The van der Waals surface area contributed by atoms with Crippen LogP contribution in [0.2, 0.25) is 5.02 Å². The number of nitrogens with one attached hydrogen (secondary N) is 1. The highest BCUT2D eigenvalue weighted by atomic mass is 35.5. The highest BCUT2D eigenvalue weighted by Crippen LogP contribution is 2.40. The van der Waals surface area contributed by atoms with Crippen LogP contribution in [0.25, 0.3) is 11.1 Å². The molecule has 11 heteroatoms. The third-order valence-corrected chi connectivity index (χ3v) is 9.42. The third-order valence-electron chi connectivity index (χ3n) is 6.96. The monoisotopic (exact) mass is 572 g/mol. The van der Waals surface area contributed by atoms with Crippen molar-refractivity contribution in [1.82, 2.24) is 4.98 Å². The van der Waals surface area contributed by atoms with Gasteiger partial charge in [0.2, 0.25) is 5.91 Å². The predicted molar refractivity (Wildman–Crippen MR) is 152 cm³/mol. The van der Waals surface area contributed by atoms with Crippen LogP contribution in [0, 0.1) is 5.82 Å². The van der Waals surface area contributed by atoms with E-state index in [0.29, 0.717) is 30.3 Å². The molecule has 3 heterocycles. The van der Waals surface area contributed by atoms with Gasteiger partial charge in [0.05, 0.1) is 9.92 Å². The van der Waals surface area contributed by atoms with Crippen molar-refractivity contribution in [2.75, 3.05) is 27.6 Å². The molecule has 0 bridgehead atoms. The molecule has 1 N–H and O–H groups in total. The fourth-order valence-electron chi connectivity index (χ4n) is 5.18. The first-order valence-electron chi connectivity index (χ1n) is 12.0. The van der Waals surface area contributed by atoms with Crippen molar-refractivity contribution >= 4 is 55.4 Å². The Morgan fingerprint density at radius 3 is 2.66 bits per heavy atom. The summed E-state index contributed by atoms with van der Waals surface area (Å²) in [5.41, 5.74) is 4.59. The van der Waals surface area contributed by atoms with Crippen LogP contribution in [0.15, 0.2) is 77.1 Å². The standard InChI is InChI=1S/C27H22ClFN4O3S2.2H2/c28-22-16-17(4-9-23(22)29)20-2-1-3-24-21(20)10-13-33(24)25-11-14-32(26(25)34)18-5-7-19(8-6-18)38(35,36)31-27-30-12-15-37-27;;/h1-9,12,15-16,25H,10-11,13-14H2,(H,30,31);2*1H/t25-;;/m0../s1. The molecule has 2 aliphatic heterocycles. The number of aromatic nitrogens is 1. The second-order valence-electron chi connectivity index (χ2n) is 9.11. The number of hydrogen-bond donors (Lipinski definition) is 1. The Balaban J connectivity index is 0.00000185. The van der Waals surface area contributed by atoms with E-state index in [1.165, 1.54) is 35.7 Å². The minimum absolute atomic E-state index is 0. The predicted octanol–water partition coefficient (Wildman–Crippen LogP) is 6.06. The van der Waals surface area contributed by atoms with Crippen molar-refractivity contribution < 1.29 is 20.5 Å². The molecule has 0 saturated carbocycles. The fraction of sp³-hybridized carbons (Fsp3) is 0.185. The third kappa shape index (κ3) is 4.42. The van der Waals surface area contributed by atoms with Gasteiger partial charge in [-0.15, -0.1) is 11.3 Å². The van der Waals surface area contributed by atoms with E-state index in [1.807, 2.05) is 18.2 Å². The van der Waals surface area contributed by atoms with Crippen LogP contribution in [0.5, 0.6) is 0 Å². The van der Waals surface area contributed by atoms with Crippen LogP contribution in [0.1, 0.15) is 14.8 Å². The molecule has 1 aromatic heterocycles. The van der Waals surface area contributed by atoms with Gasteiger partial charge >= 0.3 is 0 Å². The van der Waals surface area contributed by atoms with Gasteiger partial charge in [0.25, 0.3) is 10.0 Å². The van der Waals surface area contributed by atoms with E-state index in [9.17, 15) is 17.6 Å². The van der Waals surface area contributed by atoms with Gasteiger partial charge in [-0.2, -0.15) is 0 Å². The molecular formula is C27H26ClFN4O3S2. The molecule has 0 aliphatic carbocycles. The van der Waals surface area contributed by atoms with Crippen molar-refractivity contribution in [1.29, 1.82) is 0 Å².